The topological polar surface area (TPSA) is 50.4 Å². The molecule has 0 saturated heterocycles. The zero-order chi connectivity index (χ0) is 16.2. The minimum Gasteiger partial charge on any atom is -0.444 e. The molecular weight excluding hydrogens is 339 g/mol. The van der Waals surface area contributed by atoms with Crippen LogP contribution in [0.1, 0.15) is 33.3 Å². The number of halogens is 2. The minimum atomic E-state index is -0.522. The summed E-state index contributed by atoms with van der Waals surface area (Å²) in [6.45, 7) is 9.59. The zero-order valence-electron chi connectivity index (χ0n) is 13.0. The van der Waals surface area contributed by atoms with E-state index in [2.05, 4.69) is 26.6 Å². The Morgan fingerprint density at radius 2 is 2.05 bits per heavy atom. The van der Waals surface area contributed by atoms with E-state index in [0.717, 1.165) is 5.56 Å². The zero-order valence-corrected chi connectivity index (χ0v) is 14.6. The number of aryl methyl sites for hydroxylation is 1. The molecule has 1 aromatic rings. The molecule has 0 heterocycles. The standard InChI is InChI=1S/C15H22BrFN2O2/c1-9-6-11(16)12(17)7-13(9)19-10(2)8-18-14(20)21-15(3,4)5/h6-7,10,19H,8H2,1-5H3,(H,18,20). The summed E-state index contributed by atoms with van der Waals surface area (Å²) in [7, 11) is 0. The van der Waals surface area contributed by atoms with E-state index in [1.807, 2.05) is 34.6 Å². The van der Waals surface area contributed by atoms with Gasteiger partial charge in [0, 0.05) is 18.3 Å². The summed E-state index contributed by atoms with van der Waals surface area (Å²) in [4.78, 5) is 11.6. The number of carbonyl (C=O) groups excluding carboxylic acids is 1. The highest BCUT2D eigenvalue weighted by molar-refractivity contribution is 9.10. The summed E-state index contributed by atoms with van der Waals surface area (Å²) in [6.07, 6.45) is -0.463. The predicted octanol–water partition coefficient (Wildman–Crippen LogP) is 4.22. The van der Waals surface area contributed by atoms with E-state index in [-0.39, 0.29) is 11.9 Å². The second-order valence-corrected chi connectivity index (χ2v) is 6.86. The van der Waals surface area contributed by atoms with E-state index in [0.29, 0.717) is 16.7 Å². The maximum Gasteiger partial charge on any atom is 0.407 e. The largest absolute Gasteiger partial charge is 0.444 e. The van der Waals surface area contributed by atoms with Gasteiger partial charge >= 0.3 is 6.09 Å². The molecule has 0 aliphatic heterocycles. The maximum atomic E-state index is 13.5. The van der Waals surface area contributed by atoms with Crippen molar-refractivity contribution in [1.29, 1.82) is 0 Å². The fraction of sp³-hybridized carbons (Fsp3) is 0.533. The average Bonchev–Trinajstić information content (AvgIpc) is 2.31. The van der Waals surface area contributed by atoms with Crippen LogP contribution in [0.2, 0.25) is 0 Å². The lowest BCUT2D eigenvalue weighted by molar-refractivity contribution is 0.0526. The molecule has 21 heavy (non-hydrogen) atoms. The molecule has 6 heteroatoms. The van der Waals surface area contributed by atoms with Gasteiger partial charge in [-0.2, -0.15) is 0 Å². The number of hydrogen-bond donors (Lipinski definition) is 2. The summed E-state index contributed by atoms with van der Waals surface area (Å²) in [6, 6.07) is 3.09. The summed E-state index contributed by atoms with van der Waals surface area (Å²) < 4.78 is 19.1. The summed E-state index contributed by atoms with van der Waals surface area (Å²) in [5.41, 5.74) is 1.10. The molecule has 4 nitrogen and oxygen atoms in total. The van der Waals surface area contributed by atoms with Gasteiger partial charge in [0.1, 0.15) is 11.4 Å². The van der Waals surface area contributed by atoms with Crippen molar-refractivity contribution >= 4 is 27.7 Å². The van der Waals surface area contributed by atoms with Crippen LogP contribution in [0.3, 0.4) is 0 Å². The number of alkyl carbamates (subject to hydrolysis) is 1. The Bertz CT molecular complexity index is 515. The van der Waals surface area contributed by atoms with E-state index in [4.69, 9.17) is 4.74 Å². The van der Waals surface area contributed by atoms with Crippen LogP contribution >= 0.6 is 15.9 Å². The van der Waals surface area contributed by atoms with Crippen molar-refractivity contribution in [2.24, 2.45) is 0 Å². The molecule has 118 valence electrons. The molecule has 0 fully saturated rings. The summed E-state index contributed by atoms with van der Waals surface area (Å²) in [5, 5.41) is 5.84. The Hall–Kier alpha value is -1.30. The van der Waals surface area contributed by atoms with Crippen LogP contribution in [0.4, 0.5) is 14.9 Å². The maximum absolute atomic E-state index is 13.5. The number of ether oxygens (including phenoxy) is 1. The number of rotatable bonds is 4. The van der Waals surface area contributed by atoms with E-state index in [9.17, 15) is 9.18 Å². The van der Waals surface area contributed by atoms with Gasteiger partial charge in [0.15, 0.2) is 0 Å². The Morgan fingerprint density at radius 3 is 2.62 bits per heavy atom. The van der Waals surface area contributed by atoms with Crippen LogP contribution in [-0.4, -0.2) is 24.3 Å². The van der Waals surface area contributed by atoms with Crippen LogP contribution in [0, 0.1) is 12.7 Å². The highest BCUT2D eigenvalue weighted by Gasteiger charge is 2.16. The molecule has 2 N–H and O–H groups in total. The van der Waals surface area contributed by atoms with Gasteiger partial charge in [-0.05, 0) is 68.2 Å². The molecule has 0 aliphatic rings. The number of nitrogens with one attached hydrogen (secondary N) is 2. The molecule has 0 aliphatic carbocycles. The van der Waals surface area contributed by atoms with Crippen molar-refractivity contribution in [2.45, 2.75) is 46.3 Å². The van der Waals surface area contributed by atoms with Gasteiger partial charge in [0.05, 0.1) is 4.47 Å². The van der Waals surface area contributed by atoms with Crippen molar-refractivity contribution in [1.82, 2.24) is 5.32 Å². The molecule has 1 amide bonds. The molecule has 1 atom stereocenters. The van der Waals surface area contributed by atoms with E-state index in [1.165, 1.54) is 6.07 Å². The normalized spacial score (nSPS) is 12.7. The van der Waals surface area contributed by atoms with E-state index in [1.54, 1.807) is 6.07 Å². The van der Waals surface area contributed by atoms with Crippen molar-refractivity contribution in [2.75, 3.05) is 11.9 Å². The second-order valence-electron chi connectivity index (χ2n) is 6.01. The molecule has 1 aromatic carbocycles. The lowest BCUT2D eigenvalue weighted by Gasteiger charge is -2.22. The molecule has 1 unspecified atom stereocenters. The number of benzene rings is 1. The second kappa shape index (κ2) is 7.11. The van der Waals surface area contributed by atoms with Crippen molar-refractivity contribution in [3.8, 4) is 0 Å². The number of amides is 1. The van der Waals surface area contributed by atoms with Crippen LogP contribution in [0.25, 0.3) is 0 Å². The van der Waals surface area contributed by atoms with Gasteiger partial charge in [-0.3, -0.25) is 0 Å². The molecule has 0 saturated carbocycles. The summed E-state index contributed by atoms with van der Waals surface area (Å²) >= 11 is 3.15. The molecule has 0 aromatic heterocycles. The van der Waals surface area contributed by atoms with Crippen molar-refractivity contribution in [3.63, 3.8) is 0 Å². The molecular formula is C15H22BrFN2O2. The average molecular weight is 361 g/mol. The van der Waals surface area contributed by atoms with Crippen molar-refractivity contribution < 1.29 is 13.9 Å². The number of carbonyl (C=O) groups is 1. The third-order valence-electron chi connectivity index (χ3n) is 2.62. The van der Waals surface area contributed by atoms with Gasteiger partial charge < -0.3 is 15.4 Å². The van der Waals surface area contributed by atoms with Gasteiger partial charge in [-0.25, -0.2) is 9.18 Å². The Balaban J connectivity index is 2.53. The molecule has 0 bridgehead atoms. The Kier molecular flexibility index (Phi) is 6.01. The quantitative estimate of drug-likeness (QED) is 0.844. The van der Waals surface area contributed by atoms with Gasteiger partial charge in [0.2, 0.25) is 0 Å². The third-order valence-corrected chi connectivity index (χ3v) is 3.23. The highest BCUT2D eigenvalue weighted by atomic mass is 79.9. The minimum absolute atomic E-state index is 0.0585. The summed E-state index contributed by atoms with van der Waals surface area (Å²) in [5.74, 6) is -0.324. The highest BCUT2D eigenvalue weighted by Crippen LogP contribution is 2.24. The smallest absolute Gasteiger partial charge is 0.407 e. The van der Waals surface area contributed by atoms with E-state index >= 15 is 0 Å². The SMILES string of the molecule is Cc1cc(Br)c(F)cc1NC(C)CNC(=O)OC(C)(C)C. The first-order chi connectivity index (χ1) is 9.58. The number of anilines is 1. The van der Waals surface area contributed by atoms with Crippen molar-refractivity contribution in [3.05, 3.63) is 28.0 Å². The fourth-order valence-electron chi connectivity index (χ4n) is 1.67. The van der Waals surface area contributed by atoms with Crippen LogP contribution in [0.15, 0.2) is 16.6 Å². The first-order valence-electron chi connectivity index (χ1n) is 6.77. The van der Waals surface area contributed by atoms with Gasteiger partial charge in [0.25, 0.3) is 0 Å². The Labute approximate surface area is 133 Å². The third kappa shape index (κ3) is 6.33. The Morgan fingerprint density at radius 1 is 1.43 bits per heavy atom. The van der Waals surface area contributed by atoms with Gasteiger partial charge in [-0.15, -0.1) is 0 Å². The van der Waals surface area contributed by atoms with E-state index < -0.39 is 11.7 Å². The monoisotopic (exact) mass is 360 g/mol. The molecule has 0 radical (unpaired) electrons. The van der Waals surface area contributed by atoms with Gasteiger partial charge in [-0.1, -0.05) is 0 Å². The van der Waals surface area contributed by atoms with Crippen LogP contribution in [0.5, 0.6) is 0 Å². The fourth-order valence-corrected chi connectivity index (χ4v) is 2.13. The lowest BCUT2D eigenvalue weighted by atomic mass is 10.2. The predicted molar refractivity (Wildman–Crippen MR) is 86.2 cm³/mol. The van der Waals surface area contributed by atoms with Crippen LogP contribution in [-0.2, 0) is 4.74 Å². The molecule has 0 spiro atoms. The number of hydrogen-bond acceptors (Lipinski definition) is 3. The first kappa shape index (κ1) is 17.8. The van der Waals surface area contributed by atoms with Crippen LogP contribution < -0.4 is 10.6 Å². The molecule has 1 rings (SSSR count). The first-order valence-corrected chi connectivity index (χ1v) is 7.57. The lowest BCUT2D eigenvalue weighted by Crippen LogP contribution is -2.38.